The fourth-order valence-corrected chi connectivity index (χ4v) is 3.71. The molecule has 1 fully saturated rings. The SMILES string of the molecule is CC(C#N)CN(C)C(=O)C1(S(C)(=N)=O)CCC1. The van der Waals surface area contributed by atoms with Crippen LogP contribution < -0.4 is 0 Å². The number of hydrogen-bond acceptors (Lipinski definition) is 4. The second kappa shape index (κ2) is 4.65. The molecule has 0 saturated heterocycles. The van der Waals surface area contributed by atoms with Gasteiger partial charge in [0.25, 0.3) is 0 Å². The van der Waals surface area contributed by atoms with E-state index in [2.05, 4.69) is 6.07 Å². The molecule has 2 unspecified atom stereocenters. The molecule has 5 nitrogen and oxygen atoms in total. The third-order valence-electron chi connectivity index (χ3n) is 3.41. The molecule has 0 aromatic heterocycles. The molecule has 0 bridgehead atoms. The van der Waals surface area contributed by atoms with Gasteiger partial charge in [-0.25, -0.2) is 4.21 Å². The van der Waals surface area contributed by atoms with Gasteiger partial charge in [0.15, 0.2) is 0 Å². The first-order valence-electron chi connectivity index (χ1n) is 5.63. The van der Waals surface area contributed by atoms with Crippen molar-refractivity contribution < 1.29 is 9.00 Å². The molecule has 1 amide bonds. The van der Waals surface area contributed by atoms with Crippen LogP contribution in [0.15, 0.2) is 0 Å². The minimum atomic E-state index is -2.89. The fourth-order valence-electron chi connectivity index (χ4n) is 2.15. The Hall–Kier alpha value is -1.09. The van der Waals surface area contributed by atoms with Crippen LogP contribution in [0.2, 0.25) is 0 Å². The summed E-state index contributed by atoms with van der Waals surface area (Å²) in [5.41, 5.74) is 0. The van der Waals surface area contributed by atoms with Gasteiger partial charge in [-0.2, -0.15) is 5.26 Å². The topological polar surface area (TPSA) is 85.0 Å². The Morgan fingerprint density at radius 3 is 2.47 bits per heavy atom. The van der Waals surface area contributed by atoms with Crippen LogP contribution in [0.25, 0.3) is 0 Å². The molecule has 17 heavy (non-hydrogen) atoms. The lowest BCUT2D eigenvalue weighted by Crippen LogP contribution is -2.57. The molecular formula is C11H19N3O2S. The molecule has 1 N–H and O–H groups in total. The average Bonchev–Trinajstić information content (AvgIpc) is 2.12. The molecule has 0 aliphatic heterocycles. The van der Waals surface area contributed by atoms with Crippen molar-refractivity contribution in [2.75, 3.05) is 19.8 Å². The van der Waals surface area contributed by atoms with Gasteiger partial charge in [-0.1, -0.05) is 0 Å². The number of amides is 1. The number of nitrogens with one attached hydrogen (secondary N) is 1. The van der Waals surface area contributed by atoms with Crippen LogP contribution in [-0.4, -0.2) is 39.6 Å². The Kier molecular flexibility index (Phi) is 3.82. The Bertz CT molecular complexity index is 446. The summed E-state index contributed by atoms with van der Waals surface area (Å²) in [6.07, 6.45) is 3.23. The first-order valence-corrected chi connectivity index (χ1v) is 7.60. The number of carbonyl (C=O) groups excluding carboxylic acids is 1. The number of carbonyl (C=O) groups is 1. The highest BCUT2D eigenvalue weighted by molar-refractivity contribution is 7.94. The molecule has 96 valence electrons. The highest BCUT2D eigenvalue weighted by atomic mass is 32.2. The molecule has 0 spiro atoms. The van der Waals surface area contributed by atoms with Gasteiger partial charge in [-0.15, -0.1) is 0 Å². The zero-order chi connectivity index (χ0) is 13.3. The van der Waals surface area contributed by atoms with Gasteiger partial charge in [-0.05, 0) is 26.2 Å². The van der Waals surface area contributed by atoms with Gasteiger partial charge in [0, 0.05) is 19.8 Å². The van der Waals surface area contributed by atoms with Crippen LogP contribution >= 0.6 is 0 Å². The van der Waals surface area contributed by atoms with E-state index in [0.717, 1.165) is 6.42 Å². The predicted molar refractivity (Wildman–Crippen MR) is 65.8 cm³/mol. The summed E-state index contributed by atoms with van der Waals surface area (Å²) in [5.74, 6) is -0.493. The molecule has 0 aromatic rings. The van der Waals surface area contributed by atoms with Crippen LogP contribution in [0.3, 0.4) is 0 Å². The van der Waals surface area contributed by atoms with E-state index in [-0.39, 0.29) is 11.8 Å². The molecule has 6 heteroatoms. The summed E-state index contributed by atoms with van der Waals surface area (Å²) in [5, 5.41) is 8.72. The zero-order valence-corrected chi connectivity index (χ0v) is 11.3. The standard InChI is InChI=1S/C11H19N3O2S/c1-9(7-12)8-14(2)10(15)11(5-4-6-11)17(3,13)16/h9,13H,4-6,8H2,1-3H3. The highest BCUT2D eigenvalue weighted by Crippen LogP contribution is 2.40. The second-order valence-corrected chi connectivity index (χ2v) is 7.38. The van der Waals surface area contributed by atoms with Crippen molar-refractivity contribution in [1.82, 2.24) is 4.90 Å². The lowest BCUT2D eigenvalue weighted by Gasteiger charge is -2.42. The highest BCUT2D eigenvalue weighted by Gasteiger charge is 2.51. The molecule has 1 rings (SSSR count). The largest absolute Gasteiger partial charge is 0.343 e. The molecule has 0 radical (unpaired) electrons. The molecular weight excluding hydrogens is 238 g/mol. The Morgan fingerprint density at radius 1 is 1.65 bits per heavy atom. The van der Waals surface area contributed by atoms with Crippen molar-refractivity contribution in [3.63, 3.8) is 0 Å². The summed E-state index contributed by atoms with van der Waals surface area (Å²) >= 11 is 0. The Balaban J connectivity index is 2.86. The van der Waals surface area contributed by atoms with Gasteiger partial charge < -0.3 is 4.90 Å². The lowest BCUT2D eigenvalue weighted by atomic mass is 9.83. The number of nitrogens with zero attached hydrogens (tertiary/aromatic N) is 2. The minimum Gasteiger partial charge on any atom is -0.343 e. The van der Waals surface area contributed by atoms with Crippen LogP contribution in [0, 0.1) is 22.0 Å². The van der Waals surface area contributed by atoms with Crippen molar-refractivity contribution >= 4 is 15.6 Å². The zero-order valence-electron chi connectivity index (χ0n) is 10.5. The smallest absolute Gasteiger partial charge is 0.242 e. The molecule has 1 aliphatic carbocycles. The molecule has 0 heterocycles. The van der Waals surface area contributed by atoms with Crippen molar-refractivity contribution in [3.05, 3.63) is 0 Å². The van der Waals surface area contributed by atoms with E-state index in [1.165, 1.54) is 11.2 Å². The van der Waals surface area contributed by atoms with Crippen molar-refractivity contribution in [3.8, 4) is 6.07 Å². The monoisotopic (exact) mass is 257 g/mol. The predicted octanol–water partition coefficient (Wildman–Crippen LogP) is 1.20. The van der Waals surface area contributed by atoms with Crippen LogP contribution in [0.1, 0.15) is 26.2 Å². The van der Waals surface area contributed by atoms with Gasteiger partial charge in [0.2, 0.25) is 5.91 Å². The molecule has 0 aromatic carbocycles. The molecule has 2 atom stereocenters. The van der Waals surface area contributed by atoms with E-state index in [9.17, 15) is 9.00 Å². The molecule has 1 aliphatic rings. The van der Waals surface area contributed by atoms with Gasteiger partial charge in [-0.3, -0.25) is 9.57 Å². The summed E-state index contributed by atoms with van der Waals surface area (Å²) < 4.78 is 18.6. The van der Waals surface area contributed by atoms with Crippen molar-refractivity contribution in [2.24, 2.45) is 5.92 Å². The number of nitriles is 1. The third kappa shape index (κ3) is 2.44. The van der Waals surface area contributed by atoms with Crippen LogP contribution in [-0.2, 0) is 14.5 Å². The Morgan fingerprint density at radius 2 is 2.18 bits per heavy atom. The van der Waals surface area contributed by atoms with E-state index in [1.807, 2.05) is 0 Å². The van der Waals surface area contributed by atoms with Gasteiger partial charge in [0.05, 0.1) is 21.7 Å². The average molecular weight is 257 g/mol. The minimum absolute atomic E-state index is 0.242. The first-order chi connectivity index (χ1) is 7.74. The van der Waals surface area contributed by atoms with Crippen molar-refractivity contribution in [2.45, 2.75) is 30.9 Å². The maximum absolute atomic E-state index is 12.3. The normalized spacial score (nSPS) is 22.7. The lowest BCUT2D eigenvalue weighted by molar-refractivity contribution is -0.135. The van der Waals surface area contributed by atoms with Crippen molar-refractivity contribution in [1.29, 1.82) is 10.0 Å². The van der Waals surface area contributed by atoms with Crippen LogP contribution in [0.4, 0.5) is 0 Å². The summed E-state index contributed by atoms with van der Waals surface area (Å²) in [6.45, 7) is 2.06. The molecule has 1 saturated carbocycles. The van der Waals surface area contributed by atoms with Gasteiger partial charge >= 0.3 is 0 Å². The van der Waals surface area contributed by atoms with E-state index in [4.69, 9.17) is 10.0 Å². The number of rotatable bonds is 4. The van der Waals surface area contributed by atoms with E-state index >= 15 is 0 Å². The van der Waals surface area contributed by atoms with E-state index in [1.54, 1.807) is 14.0 Å². The quantitative estimate of drug-likeness (QED) is 0.821. The van der Waals surface area contributed by atoms with Gasteiger partial charge in [0.1, 0.15) is 4.75 Å². The third-order valence-corrected chi connectivity index (χ3v) is 5.49. The maximum atomic E-state index is 12.3. The summed E-state index contributed by atoms with van der Waals surface area (Å²) in [7, 11) is -1.28. The Labute approximate surface area is 103 Å². The van der Waals surface area contributed by atoms with E-state index in [0.29, 0.717) is 19.4 Å². The second-order valence-electron chi connectivity index (χ2n) is 4.91. The maximum Gasteiger partial charge on any atom is 0.242 e. The fraction of sp³-hybridized carbons (Fsp3) is 0.818. The summed E-state index contributed by atoms with van der Waals surface area (Å²) in [4.78, 5) is 13.7. The van der Waals surface area contributed by atoms with E-state index < -0.39 is 14.5 Å². The first kappa shape index (κ1) is 14.0. The summed E-state index contributed by atoms with van der Waals surface area (Å²) in [6, 6.07) is 2.06. The number of hydrogen-bond donors (Lipinski definition) is 1. The van der Waals surface area contributed by atoms with Crippen LogP contribution in [0.5, 0.6) is 0 Å².